The van der Waals surface area contributed by atoms with Crippen LogP contribution < -0.4 is 14.5 Å². The molecule has 12 heteroatoms. The van der Waals surface area contributed by atoms with Crippen LogP contribution in [0.4, 0.5) is 5.69 Å². The number of hydrogen-bond donors (Lipinski definition) is 1. The number of amides is 1. The molecule has 0 aliphatic heterocycles. The number of benzene rings is 3. The highest BCUT2D eigenvalue weighted by atomic mass is 35.5. The number of aromatic nitrogens is 1. The molecule has 0 atom stereocenters. The number of ether oxygens (including phenoxy) is 1. The van der Waals surface area contributed by atoms with E-state index in [9.17, 15) is 13.2 Å². The Morgan fingerprint density at radius 3 is 2.29 bits per heavy atom. The number of halogens is 3. The summed E-state index contributed by atoms with van der Waals surface area (Å²) in [5.41, 5.74) is 6.09. The number of hydrogen-bond acceptors (Lipinski definition) is 5. The lowest BCUT2D eigenvalue weighted by molar-refractivity contribution is -0.119. The Labute approximate surface area is 254 Å². The first-order valence-corrected chi connectivity index (χ1v) is 15.1. The van der Waals surface area contributed by atoms with E-state index in [2.05, 4.69) is 10.5 Å². The fourth-order valence-electron chi connectivity index (χ4n) is 4.20. The van der Waals surface area contributed by atoms with Crippen molar-refractivity contribution in [2.45, 2.75) is 25.7 Å². The molecule has 0 unspecified atom stereocenters. The van der Waals surface area contributed by atoms with Crippen LogP contribution in [0.2, 0.25) is 15.1 Å². The summed E-state index contributed by atoms with van der Waals surface area (Å²) >= 11 is 18.2. The SMILES string of the molecule is CCOc1ccc(N(CC(=O)N/N=C/c2cc(C)n(-c3ccc(Cl)c(Cl)c3)c2C)S(=O)(=O)c2ccc(Cl)cc2)cc1. The smallest absolute Gasteiger partial charge is 0.264 e. The van der Waals surface area contributed by atoms with Gasteiger partial charge in [-0.15, -0.1) is 0 Å². The summed E-state index contributed by atoms with van der Waals surface area (Å²) in [6.07, 6.45) is 1.50. The fraction of sp³-hybridized carbons (Fsp3) is 0.172. The van der Waals surface area contributed by atoms with Crippen LogP contribution in [0.15, 0.2) is 82.8 Å². The normalized spacial score (nSPS) is 11.6. The van der Waals surface area contributed by atoms with Gasteiger partial charge in [0.1, 0.15) is 12.3 Å². The Hall–Kier alpha value is -3.50. The molecule has 0 spiro atoms. The maximum absolute atomic E-state index is 13.6. The van der Waals surface area contributed by atoms with Gasteiger partial charge in [0.25, 0.3) is 15.9 Å². The van der Waals surface area contributed by atoms with Crippen molar-refractivity contribution in [1.29, 1.82) is 0 Å². The van der Waals surface area contributed by atoms with Gasteiger partial charge in [-0.2, -0.15) is 5.10 Å². The van der Waals surface area contributed by atoms with Gasteiger partial charge in [0, 0.05) is 27.7 Å². The lowest BCUT2D eigenvalue weighted by Gasteiger charge is -2.24. The molecule has 0 bridgehead atoms. The van der Waals surface area contributed by atoms with E-state index in [4.69, 9.17) is 39.5 Å². The topological polar surface area (TPSA) is 93.0 Å². The first-order valence-electron chi connectivity index (χ1n) is 12.5. The molecule has 214 valence electrons. The zero-order valence-electron chi connectivity index (χ0n) is 22.4. The molecule has 0 aliphatic carbocycles. The first-order chi connectivity index (χ1) is 19.5. The van der Waals surface area contributed by atoms with E-state index >= 15 is 0 Å². The Bertz CT molecular complexity index is 1690. The average molecular weight is 634 g/mol. The molecule has 1 amide bonds. The van der Waals surface area contributed by atoms with Crippen molar-refractivity contribution in [2.75, 3.05) is 17.5 Å². The molecule has 0 saturated carbocycles. The Morgan fingerprint density at radius 1 is 0.976 bits per heavy atom. The van der Waals surface area contributed by atoms with Gasteiger partial charge in [0.05, 0.1) is 33.4 Å². The van der Waals surface area contributed by atoms with Crippen LogP contribution in [0.25, 0.3) is 5.69 Å². The number of nitrogens with one attached hydrogen (secondary N) is 1. The maximum atomic E-state index is 13.6. The molecular formula is C29H27Cl3N4O4S. The minimum Gasteiger partial charge on any atom is -0.494 e. The summed E-state index contributed by atoms with van der Waals surface area (Å²) in [6.45, 7) is 5.63. The minimum absolute atomic E-state index is 0.0122. The molecule has 4 aromatic rings. The van der Waals surface area contributed by atoms with Crippen LogP contribution in [-0.2, 0) is 14.8 Å². The van der Waals surface area contributed by atoms with E-state index in [1.54, 1.807) is 36.4 Å². The van der Waals surface area contributed by atoms with Crippen molar-refractivity contribution >= 4 is 62.6 Å². The number of hydrazone groups is 1. The van der Waals surface area contributed by atoms with Crippen LogP contribution in [0.5, 0.6) is 5.75 Å². The molecule has 4 rings (SSSR count). The van der Waals surface area contributed by atoms with E-state index in [1.165, 1.54) is 30.5 Å². The summed E-state index contributed by atoms with van der Waals surface area (Å²) in [7, 11) is -4.12. The number of rotatable bonds is 10. The minimum atomic E-state index is -4.12. The Morgan fingerprint density at radius 2 is 1.66 bits per heavy atom. The van der Waals surface area contributed by atoms with Gasteiger partial charge in [-0.3, -0.25) is 9.10 Å². The number of anilines is 1. The number of sulfonamides is 1. The molecule has 0 saturated heterocycles. The highest BCUT2D eigenvalue weighted by molar-refractivity contribution is 7.92. The second-order valence-corrected chi connectivity index (χ2v) is 12.1. The van der Waals surface area contributed by atoms with Crippen LogP contribution in [0, 0.1) is 13.8 Å². The Balaban J connectivity index is 1.56. The van der Waals surface area contributed by atoms with E-state index in [0.717, 1.165) is 26.9 Å². The first kappa shape index (κ1) is 30.5. The van der Waals surface area contributed by atoms with Crippen molar-refractivity contribution in [3.63, 3.8) is 0 Å². The van der Waals surface area contributed by atoms with E-state index in [-0.39, 0.29) is 10.6 Å². The predicted molar refractivity (Wildman–Crippen MR) is 165 cm³/mol. The Kier molecular flexibility index (Phi) is 9.65. The van der Waals surface area contributed by atoms with Gasteiger partial charge in [0.15, 0.2) is 0 Å². The van der Waals surface area contributed by atoms with Crippen molar-refractivity contribution in [2.24, 2.45) is 5.10 Å². The van der Waals surface area contributed by atoms with Crippen LogP contribution >= 0.6 is 34.8 Å². The molecule has 1 N–H and O–H groups in total. The fourth-order valence-corrected chi connectivity index (χ4v) is 6.04. The molecule has 3 aromatic carbocycles. The third-order valence-electron chi connectivity index (χ3n) is 6.15. The van der Waals surface area contributed by atoms with Crippen LogP contribution in [0.3, 0.4) is 0 Å². The van der Waals surface area contributed by atoms with Crippen LogP contribution in [0.1, 0.15) is 23.9 Å². The van der Waals surface area contributed by atoms with Gasteiger partial charge < -0.3 is 9.30 Å². The molecule has 8 nitrogen and oxygen atoms in total. The third-order valence-corrected chi connectivity index (χ3v) is 8.93. The van der Waals surface area contributed by atoms with Crippen molar-refractivity contribution in [3.8, 4) is 11.4 Å². The average Bonchev–Trinajstić information content (AvgIpc) is 3.22. The third kappa shape index (κ3) is 7.05. The van der Waals surface area contributed by atoms with Gasteiger partial charge in [-0.1, -0.05) is 34.8 Å². The standard InChI is InChI=1S/C29H27Cl3N4O4S/c1-4-40-25-10-7-23(8-11-25)35(41(38,39)26-12-5-22(30)6-13-26)18-29(37)34-33-17-21-15-19(2)36(20(21)3)24-9-14-27(31)28(32)16-24/h5-17H,4,18H2,1-3H3,(H,34,37)/b33-17+. The van der Waals surface area contributed by atoms with Crippen molar-refractivity contribution < 1.29 is 17.9 Å². The second kappa shape index (κ2) is 13.0. The van der Waals surface area contributed by atoms with Crippen molar-refractivity contribution in [1.82, 2.24) is 9.99 Å². The number of carbonyl (C=O) groups is 1. The number of carbonyl (C=O) groups excluding carboxylic acids is 1. The molecule has 41 heavy (non-hydrogen) atoms. The molecule has 0 radical (unpaired) electrons. The zero-order valence-corrected chi connectivity index (χ0v) is 25.5. The monoisotopic (exact) mass is 632 g/mol. The lowest BCUT2D eigenvalue weighted by atomic mass is 10.2. The lowest BCUT2D eigenvalue weighted by Crippen LogP contribution is -2.39. The van der Waals surface area contributed by atoms with E-state index in [1.807, 2.05) is 37.5 Å². The summed E-state index contributed by atoms with van der Waals surface area (Å²) in [4.78, 5) is 12.9. The predicted octanol–water partition coefficient (Wildman–Crippen LogP) is 6.80. The van der Waals surface area contributed by atoms with Gasteiger partial charge in [0.2, 0.25) is 0 Å². The summed E-state index contributed by atoms with van der Waals surface area (Å²) in [6, 6.07) is 19.4. The molecule has 1 heterocycles. The quantitative estimate of drug-likeness (QED) is 0.154. The van der Waals surface area contributed by atoms with Gasteiger partial charge in [-0.25, -0.2) is 13.8 Å². The zero-order chi connectivity index (χ0) is 29.7. The maximum Gasteiger partial charge on any atom is 0.264 e. The summed E-state index contributed by atoms with van der Waals surface area (Å²) < 4.78 is 35.6. The highest BCUT2D eigenvalue weighted by Gasteiger charge is 2.27. The second-order valence-electron chi connectivity index (χ2n) is 8.95. The van der Waals surface area contributed by atoms with E-state index in [0.29, 0.717) is 27.4 Å². The number of aryl methyl sites for hydroxylation is 1. The summed E-state index contributed by atoms with van der Waals surface area (Å²) in [5.74, 6) is -0.0569. The van der Waals surface area contributed by atoms with Crippen LogP contribution in [-0.4, -0.2) is 38.3 Å². The number of nitrogens with zero attached hydrogens (tertiary/aromatic N) is 3. The van der Waals surface area contributed by atoms with Crippen molar-refractivity contribution in [3.05, 3.63) is 105 Å². The molecule has 0 fully saturated rings. The highest BCUT2D eigenvalue weighted by Crippen LogP contribution is 2.28. The molecule has 0 aliphatic rings. The van der Waals surface area contributed by atoms with Gasteiger partial charge >= 0.3 is 0 Å². The largest absolute Gasteiger partial charge is 0.494 e. The van der Waals surface area contributed by atoms with Gasteiger partial charge in [-0.05, 0) is 93.6 Å². The molecular weight excluding hydrogens is 607 g/mol. The molecule has 1 aromatic heterocycles. The van der Waals surface area contributed by atoms with E-state index < -0.39 is 22.5 Å². The summed E-state index contributed by atoms with van der Waals surface area (Å²) in [5, 5.41) is 5.37.